The predicted molar refractivity (Wildman–Crippen MR) is 68.2 cm³/mol. The van der Waals surface area contributed by atoms with Gasteiger partial charge in [-0.05, 0) is 27.3 Å². The van der Waals surface area contributed by atoms with Gasteiger partial charge in [-0.15, -0.1) is 0 Å². The maximum atomic E-state index is 11.7. The van der Waals surface area contributed by atoms with Crippen LogP contribution in [-0.4, -0.2) is 43.5 Å². The SMILES string of the molecule is CCCC(CN)C(=O)NCCN(C)C(C)C. The van der Waals surface area contributed by atoms with Crippen LogP contribution in [0.5, 0.6) is 0 Å². The lowest BCUT2D eigenvalue weighted by Crippen LogP contribution is -2.40. The molecule has 0 aromatic rings. The molecular weight excluding hydrogens is 202 g/mol. The van der Waals surface area contributed by atoms with Gasteiger partial charge in [0, 0.05) is 25.7 Å². The van der Waals surface area contributed by atoms with E-state index in [4.69, 9.17) is 5.73 Å². The Balaban J connectivity index is 3.79. The van der Waals surface area contributed by atoms with Crippen LogP contribution in [0.25, 0.3) is 0 Å². The lowest BCUT2D eigenvalue weighted by Gasteiger charge is -2.21. The standard InChI is InChI=1S/C12H27N3O/c1-5-6-11(9-13)12(16)14-7-8-15(4)10(2)3/h10-11H,5-9,13H2,1-4H3,(H,14,16). The highest BCUT2D eigenvalue weighted by molar-refractivity contribution is 5.78. The molecule has 1 unspecified atom stereocenters. The first-order valence-electron chi connectivity index (χ1n) is 6.20. The molecule has 0 radical (unpaired) electrons. The first-order chi connectivity index (χ1) is 7.52. The summed E-state index contributed by atoms with van der Waals surface area (Å²) in [5.74, 6) is 0.0795. The Morgan fingerprint density at radius 1 is 1.44 bits per heavy atom. The van der Waals surface area contributed by atoms with Gasteiger partial charge in [0.1, 0.15) is 0 Å². The number of hydrogen-bond donors (Lipinski definition) is 2. The summed E-state index contributed by atoms with van der Waals surface area (Å²) in [5, 5.41) is 2.94. The first-order valence-corrected chi connectivity index (χ1v) is 6.20. The van der Waals surface area contributed by atoms with Crippen LogP contribution in [0.2, 0.25) is 0 Å². The topological polar surface area (TPSA) is 58.4 Å². The molecule has 16 heavy (non-hydrogen) atoms. The van der Waals surface area contributed by atoms with Crippen LogP contribution in [-0.2, 0) is 4.79 Å². The summed E-state index contributed by atoms with van der Waals surface area (Å²) >= 11 is 0. The van der Waals surface area contributed by atoms with Gasteiger partial charge in [0.15, 0.2) is 0 Å². The molecule has 4 heteroatoms. The number of hydrogen-bond acceptors (Lipinski definition) is 3. The van der Waals surface area contributed by atoms with Gasteiger partial charge in [0.05, 0.1) is 5.92 Å². The van der Waals surface area contributed by atoms with Gasteiger partial charge < -0.3 is 16.0 Å². The van der Waals surface area contributed by atoms with Crippen molar-refractivity contribution >= 4 is 5.91 Å². The zero-order valence-corrected chi connectivity index (χ0v) is 11.1. The third-order valence-electron chi connectivity index (χ3n) is 2.94. The Morgan fingerprint density at radius 3 is 2.50 bits per heavy atom. The molecule has 1 amide bonds. The van der Waals surface area contributed by atoms with Crippen molar-refractivity contribution < 1.29 is 4.79 Å². The monoisotopic (exact) mass is 229 g/mol. The molecule has 0 bridgehead atoms. The van der Waals surface area contributed by atoms with Crippen molar-refractivity contribution in [3.05, 3.63) is 0 Å². The van der Waals surface area contributed by atoms with Gasteiger partial charge in [-0.1, -0.05) is 13.3 Å². The smallest absolute Gasteiger partial charge is 0.224 e. The molecule has 0 aromatic carbocycles. The van der Waals surface area contributed by atoms with Crippen LogP contribution < -0.4 is 11.1 Å². The highest BCUT2D eigenvalue weighted by atomic mass is 16.1. The van der Waals surface area contributed by atoms with Crippen LogP contribution >= 0.6 is 0 Å². The van der Waals surface area contributed by atoms with Crippen molar-refractivity contribution in [2.75, 3.05) is 26.7 Å². The minimum Gasteiger partial charge on any atom is -0.355 e. The molecule has 0 saturated heterocycles. The summed E-state index contributed by atoms with van der Waals surface area (Å²) in [6, 6.07) is 0.512. The number of nitrogens with one attached hydrogen (secondary N) is 1. The molecule has 0 aliphatic carbocycles. The third kappa shape index (κ3) is 6.08. The number of amides is 1. The van der Waals surface area contributed by atoms with Crippen molar-refractivity contribution in [1.82, 2.24) is 10.2 Å². The van der Waals surface area contributed by atoms with Crippen molar-refractivity contribution in [1.29, 1.82) is 0 Å². The van der Waals surface area contributed by atoms with Crippen molar-refractivity contribution in [3.63, 3.8) is 0 Å². The van der Waals surface area contributed by atoms with E-state index in [1.807, 2.05) is 0 Å². The van der Waals surface area contributed by atoms with Gasteiger partial charge in [0.2, 0.25) is 5.91 Å². The Labute approximate surface area is 99.6 Å². The molecule has 1 atom stereocenters. The van der Waals surface area contributed by atoms with E-state index < -0.39 is 0 Å². The number of nitrogens with two attached hydrogens (primary N) is 1. The molecule has 0 aromatic heterocycles. The maximum absolute atomic E-state index is 11.7. The van der Waals surface area contributed by atoms with E-state index in [-0.39, 0.29) is 11.8 Å². The zero-order chi connectivity index (χ0) is 12.6. The average molecular weight is 229 g/mol. The van der Waals surface area contributed by atoms with Crippen LogP contribution in [0.15, 0.2) is 0 Å². The molecule has 0 rings (SSSR count). The quantitative estimate of drug-likeness (QED) is 0.648. The fraction of sp³-hybridized carbons (Fsp3) is 0.917. The van der Waals surface area contributed by atoms with Crippen molar-refractivity contribution in [2.45, 2.75) is 39.7 Å². The number of nitrogens with zero attached hydrogens (tertiary/aromatic N) is 1. The van der Waals surface area contributed by atoms with Crippen molar-refractivity contribution in [3.8, 4) is 0 Å². The van der Waals surface area contributed by atoms with Crippen molar-refractivity contribution in [2.24, 2.45) is 11.7 Å². The van der Waals surface area contributed by atoms with Gasteiger partial charge in [-0.25, -0.2) is 0 Å². The summed E-state index contributed by atoms with van der Waals surface area (Å²) in [7, 11) is 2.06. The lowest BCUT2D eigenvalue weighted by atomic mass is 10.0. The summed E-state index contributed by atoms with van der Waals surface area (Å²) in [5.41, 5.74) is 5.57. The highest BCUT2D eigenvalue weighted by Crippen LogP contribution is 2.03. The van der Waals surface area contributed by atoms with Gasteiger partial charge in [-0.3, -0.25) is 4.79 Å². The molecular formula is C12H27N3O. The van der Waals surface area contributed by atoms with E-state index in [2.05, 4.69) is 38.0 Å². The van der Waals surface area contributed by atoms with Crippen LogP contribution in [0, 0.1) is 5.92 Å². The average Bonchev–Trinajstić information content (AvgIpc) is 2.25. The number of carbonyl (C=O) groups is 1. The van der Waals surface area contributed by atoms with Gasteiger partial charge in [0.25, 0.3) is 0 Å². The normalized spacial score (nSPS) is 13.2. The molecule has 4 nitrogen and oxygen atoms in total. The van der Waals surface area contributed by atoms with E-state index in [9.17, 15) is 4.79 Å². The summed E-state index contributed by atoms with van der Waals surface area (Å²) in [6.45, 7) is 8.38. The molecule has 0 aliphatic rings. The molecule has 0 fully saturated rings. The molecule has 0 saturated carbocycles. The summed E-state index contributed by atoms with van der Waals surface area (Å²) in [6.07, 6.45) is 1.88. The Bertz CT molecular complexity index is 195. The molecule has 96 valence electrons. The number of carbonyl (C=O) groups excluding carboxylic acids is 1. The Kier molecular flexibility index (Phi) is 8.21. The van der Waals surface area contributed by atoms with E-state index in [0.29, 0.717) is 19.1 Å². The molecule has 0 spiro atoms. The number of likely N-dealkylation sites (N-methyl/N-ethyl adjacent to an activating group) is 1. The second-order valence-corrected chi connectivity index (χ2v) is 4.59. The highest BCUT2D eigenvalue weighted by Gasteiger charge is 2.15. The zero-order valence-electron chi connectivity index (χ0n) is 11.1. The van der Waals surface area contributed by atoms with Gasteiger partial charge >= 0.3 is 0 Å². The molecule has 3 N–H and O–H groups in total. The largest absolute Gasteiger partial charge is 0.355 e. The minimum absolute atomic E-state index is 0.0191. The third-order valence-corrected chi connectivity index (χ3v) is 2.94. The van der Waals surface area contributed by atoms with E-state index in [0.717, 1.165) is 19.4 Å². The Morgan fingerprint density at radius 2 is 2.06 bits per heavy atom. The van der Waals surface area contributed by atoms with E-state index >= 15 is 0 Å². The van der Waals surface area contributed by atoms with Gasteiger partial charge in [-0.2, -0.15) is 0 Å². The maximum Gasteiger partial charge on any atom is 0.224 e. The van der Waals surface area contributed by atoms with E-state index in [1.165, 1.54) is 0 Å². The van der Waals surface area contributed by atoms with Crippen LogP contribution in [0.1, 0.15) is 33.6 Å². The van der Waals surface area contributed by atoms with Crippen LogP contribution in [0.4, 0.5) is 0 Å². The summed E-state index contributed by atoms with van der Waals surface area (Å²) < 4.78 is 0. The van der Waals surface area contributed by atoms with Crippen LogP contribution in [0.3, 0.4) is 0 Å². The molecule has 0 aliphatic heterocycles. The minimum atomic E-state index is -0.0191. The summed E-state index contributed by atoms with van der Waals surface area (Å²) in [4.78, 5) is 13.9. The lowest BCUT2D eigenvalue weighted by molar-refractivity contribution is -0.124. The fourth-order valence-electron chi connectivity index (χ4n) is 1.46. The second kappa shape index (κ2) is 8.53. The Hall–Kier alpha value is -0.610. The van der Waals surface area contributed by atoms with E-state index in [1.54, 1.807) is 0 Å². The predicted octanol–water partition coefficient (Wildman–Crippen LogP) is 0.818. The second-order valence-electron chi connectivity index (χ2n) is 4.59. The number of rotatable bonds is 8. The first kappa shape index (κ1) is 15.4. The fourth-order valence-corrected chi connectivity index (χ4v) is 1.46. The molecule has 0 heterocycles.